The van der Waals surface area contributed by atoms with Gasteiger partial charge in [-0.15, -0.1) is 0 Å². The van der Waals surface area contributed by atoms with Crippen LogP contribution in [0.15, 0.2) is 48.5 Å². The van der Waals surface area contributed by atoms with Gasteiger partial charge in [-0.2, -0.15) is 0 Å². The van der Waals surface area contributed by atoms with E-state index < -0.39 is 0 Å². The number of aryl methyl sites for hydroxylation is 2. The maximum Gasteiger partial charge on any atom is 0.259 e. The van der Waals surface area contributed by atoms with E-state index in [0.29, 0.717) is 11.1 Å². The minimum atomic E-state index is -0.299. The lowest BCUT2D eigenvalue weighted by molar-refractivity contribution is -0.122. The Balaban J connectivity index is 1.74. The predicted molar refractivity (Wildman–Crippen MR) is 136 cm³/mol. The molecule has 4 bridgehead atoms. The van der Waals surface area contributed by atoms with Crippen LogP contribution >= 0.6 is 0 Å². The third-order valence-electron chi connectivity index (χ3n) is 7.66. The first-order chi connectivity index (χ1) is 16.6. The minimum absolute atomic E-state index is 0.299. The topological polar surface area (TPSA) is 56.0 Å². The second-order valence-corrected chi connectivity index (χ2v) is 9.56. The summed E-state index contributed by atoms with van der Waals surface area (Å²) >= 11 is 0. The van der Waals surface area contributed by atoms with Gasteiger partial charge in [0, 0.05) is 57.4 Å². The second kappa shape index (κ2) is 8.01. The van der Waals surface area contributed by atoms with E-state index in [2.05, 4.69) is 52.6 Å². The van der Waals surface area contributed by atoms with Crippen molar-refractivity contribution >= 4 is 44.8 Å². The maximum absolute atomic E-state index is 13.4. The number of carbonyl (C=O) groups is 2. The summed E-state index contributed by atoms with van der Waals surface area (Å²) in [5.74, 6) is -0.599. The van der Waals surface area contributed by atoms with E-state index in [0.717, 1.165) is 70.3 Å². The van der Waals surface area contributed by atoms with Crippen molar-refractivity contribution in [2.45, 2.75) is 59.0 Å². The summed E-state index contributed by atoms with van der Waals surface area (Å²) in [5, 5.41) is 4.70. The third kappa shape index (κ3) is 2.99. The van der Waals surface area contributed by atoms with Crippen LogP contribution in [0.4, 0.5) is 0 Å². The van der Waals surface area contributed by atoms with Gasteiger partial charge in [0.25, 0.3) is 11.8 Å². The number of carbonyl (C=O) groups excluding carboxylic acids is 2. The summed E-state index contributed by atoms with van der Waals surface area (Å²) in [6.45, 7) is 6.01. The number of fused-ring (bicyclic) bond motifs is 12. The van der Waals surface area contributed by atoms with E-state index in [1.165, 1.54) is 19.3 Å². The molecule has 6 rings (SSSR count). The lowest BCUT2D eigenvalue weighted by Gasteiger charge is -2.10. The smallest absolute Gasteiger partial charge is 0.259 e. The van der Waals surface area contributed by atoms with Gasteiger partial charge in [-0.05, 0) is 38.8 Å². The van der Waals surface area contributed by atoms with Crippen molar-refractivity contribution < 1.29 is 9.59 Å². The van der Waals surface area contributed by atoms with Gasteiger partial charge in [-0.25, -0.2) is 0 Å². The molecular weight excluding hydrogens is 422 g/mol. The molecule has 0 spiro atoms. The Morgan fingerprint density at radius 1 is 0.618 bits per heavy atom. The predicted octanol–water partition coefficient (Wildman–Crippen LogP) is 5.74. The molecule has 172 valence electrons. The highest BCUT2D eigenvalue weighted by atomic mass is 16.2. The number of amides is 2. The van der Waals surface area contributed by atoms with Gasteiger partial charge in [0.15, 0.2) is 0 Å². The van der Waals surface area contributed by atoms with Crippen molar-refractivity contribution in [1.82, 2.24) is 14.5 Å². The number of imide groups is 1. The fourth-order valence-electron chi connectivity index (χ4n) is 6.07. The molecule has 2 aliphatic rings. The van der Waals surface area contributed by atoms with E-state index in [4.69, 9.17) is 0 Å². The SMILES string of the molecule is Cc1c2c3ccccc3n1CCCCCCCn1c(C)c(c3ccccc31)C1=C2C(=O)NC1=O. The van der Waals surface area contributed by atoms with Crippen molar-refractivity contribution in [3.05, 3.63) is 71.0 Å². The standard InChI is InChI=1S/C29H29N3O2/c1-18-24-20-12-6-8-14-22(20)31(18)16-10-4-3-5-11-17-32-19(2)25(21-13-7-9-15-23(21)32)27-26(24)28(33)30-29(27)34/h6-9,12-15H,3-5,10-11,16-17H2,1-2H3,(H,30,33,34). The number of aromatic nitrogens is 2. The van der Waals surface area contributed by atoms with E-state index >= 15 is 0 Å². The first kappa shape index (κ1) is 21.0. The molecule has 0 unspecified atom stereocenters. The van der Waals surface area contributed by atoms with Gasteiger partial charge < -0.3 is 9.13 Å². The summed E-state index contributed by atoms with van der Waals surface area (Å²) in [7, 11) is 0. The molecule has 5 heteroatoms. The lowest BCUT2D eigenvalue weighted by atomic mass is 9.93. The van der Waals surface area contributed by atoms with Crippen LogP contribution in [0, 0.1) is 13.8 Å². The molecular formula is C29H29N3O2. The van der Waals surface area contributed by atoms with Crippen LogP contribution in [0.5, 0.6) is 0 Å². The Kier molecular flexibility index (Phi) is 4.94. The quantitative estimate of drug-likeness (QED) is 0.346. The summed E-state index contributed by atoms with van der Waals surface area (Å²) in [5.41, 5.74) is 7.15. The summed E-state index contributed by atoms with van der Waals surface area (Å²) < 4.78 is 4.67. The average Bonchev–Trinajstić information content (AvgIpc) is 3.38. The highest BCUT2D eigenvalue weighted by Crippen LogP contribution is 2.42. The monoisotopic (exact) mass is 451 g/mol. The van der Waals surface area contributed by atoms with E-state index in [1.54, 1.807) is 0 Å². The van der Waals surface area contributed by atoms with Gasteiger partial charge in [0.05, 0.1) is 11.1 Å². The first-order valence-corrected chi connectivity index (χ1v) is 12.3. The van der Waals surface area contributed by atoms with Crippen LogP contribution in [0.3, 0.4) is 0 Å². The molecule has 0 radical (unpaired) electrons. The van der Waals surface area contributed by atoms with Crippen molar-refractivity contribution in [2.24, 2.45) is 0 Å². The van der Waals surface area contributed by atoms with Gasteiger partial charge in [0.1, 0.15) is 0 Å². The largest absolute Gasteiger partial charge is 0.344 e. The molecule has 2 amide bonds. The van der Waals surface area contributed by atoms with Crippen molar-refractivity contribution in [3.8, 4) is 0 Å². The molecule has 4 heterocycles. The van der Waals surface area contributed by atoms with Crippen LogP contribution in [0.1, 0.15) is 54.6 Å². The van der Waals surface area contributed by atoms with Gasteiger partial charge in [0.2, 0.25) is 0 Å². The number of para-hydroxylation sites is 2. The Morgan fingerprint density at radius 3 is 1.50 bits per heavy atom. The molecule has 2 aromatic heterocycles. The summed E-state index contributed by atoms with van der Waals surface area (Å²) in [4.78, 5) is 26.7. The van der Waals surface area contributed by atoms with Crippen molar-refractivity contribution in [1.29, 1.82) is 0 Å². The second-order valence-electron chi connectivity index (χ2n) is 9.56. The molecule has 4 aromatic rings. The Bertz CT molecular complexity index is 1400. The molecule has 0 atom stereocenters. The number of benzene rings is 2. The Labute approximate surface area is 199 Å². The number of hydrogen-bond donors (Lipinski definition) is 1. The van der Waals surface area contributed by atoms with Crippen LogP contribution in [-0.4, -0.2) is 20.9 Å². The molecule has 0 fully saturated rings. The maximum atomic E-state index is 13.4. The lowest BCUT2D eigenvalue weighted by Crippen LogP contribution is -2.23. The minimum Gasteiger partial charge on any atom is -0.344 e. The molecule has 1 N–H and O–H groups in total. The Morgan fingerprint density at radius 2 is 1.03 bits per heavy atom. The van der Waals surface area contributed by atoms with E-state index in [-0.39, 0.29) is 11.8 Å². The summed E-state index contributed by atoms with van der Waals surface area (Å²) in [6.07, 6.45) is 5.79. The summed E-state index contributed by atoms with van der Waals surface area (Å²) in [6, 6.07) is 16.5. The van der Waals surface area contributed by atoms with Crippen LogP contribution in [0.25, 0.3) is 33.0 Å². The normalized spacial score (nSPS) is 17.1. The molecule has 0 saturated carbocycles. The molecule has 34 heavy (non-hydrogen) atoms. The fraction of sp³-hybridized carbons (Fsp3) is 0.310. The van der Waals surface area contributed by atoms with Crippen LogP contribution in [-0.2, 0) is 22.7 Å². The zero-order valence-corrected chi connectivity index (χ0v) is 19.8. The number of nitrogens with zero attached hydrogens (tertiary/aromatic N) is 2. The first-order valence-electron chi connectivity index (χ1n) is 12.3. The van der Waals surface area contributed by atoms with Crippen molar-refractivity contribution in [3.63, 3.8) is 0 Å². The Hall–Kier alpha value is -3.60. The van der Waals surface area contributed by atoms with Gasteiger partial charge in [-0.1, -0.05) is 55.7 Å². The molecule has 5 nitrogen and oxygen atoms in total. The van der Waals surface area contributed by atoms with Crippen LogP contribution < -0.4 is 5.32 Å². The third-order valence-corrected chi connectivity index (χ3v) is 7.66. The van der Waals surface area contributed by atoms with Gasteiger partial charge in [-0.3, -0.25) is 14.9 Å². The van der Waals surface area contributed by atoms with Crippen molar-refractivity contribution in [2.75, 3.05) is 0 Å². The zero-order chi connectivity index (χ0) is 23.4. The number of nitrogens with one attached hydrogen (secondary N) is 1. The number of rotatable bonds is 0. The van der Waals surface area contributed by atoms with Crippen LogP contribution in [0.2, 0.25) is 0 Å². The van der Waals surface area contributed by atoms with E-state index in [1.807, 2.05) is 24.3 Å². The fourth-order valence-corrected chi connectivity index (χ4v) is 6.07. The molecule has 2 aliphatic heterocycles. The average molecular weight is 452 g/mol. The molecule has 0 saturated heterocycles. The number of hydrogen-bond acceptors (Lipinski definition) is 2. The molecule has 0 aliphatic carbocycles. The molecule has 2 aromatic carbocycles. The highest BCUT2D eigenvalue weighted by molar-refractivity contribution is 6.51. The zero-order valence-electron chi connectivity index (χ0n) is 19.8. The van der Waals surface area contributed by atoms with E-state index in [9.17, 15) is 9.59 Å². The highest BCUT2D eigenvalue weighted by Gasteiger charge is 2.37. The van der Waals surface area contributed by atoms with Gasteiger partial charge >= 0.3 is 0 Å².